The summed E-state index contributed by atoms with van der Waals surface area (Å²) in [5, 5.41) is 16.6. The lowest BCUT2D eigenvalue weighted by Gasteiger charge is -2.23. The minimum Gasteiger partial charge on any atom is -0.394 e. The number of aliphatic hydroxyl groups excluding tert-OH is 1. The van der Waals surface area contributed by atoms with Crippen molar-refractivity contribution in [3.8, 4) is 5.69 Å². The number of nitrogens with one attached hydrogen (secondary N) is 1. The van der Waals surface area contributed by atoms with Crippen LogP contribution in [0.25, 0.3) is 5.69 Å². The van der Waals surface area contributed by atoms with E-state index in [2.05, 4.69) is 10.4 Å². The van der Waals surface area contributed by atoms with Crippen molar-refractivity contribution < 1.29 is 9.90 Å². The quantitative estimate of drug-likeness (QED) is 0.886. The van der Waals surface area contributed by atoms with Gasteiger partial charge in [0, 0.05) is 24.8 Å². The first-order valence-corrected chi connectivity index (χ1v) is 7.67. The van der Waals surface area contributed by atoms with Crippen molar-refractivity contribution in [2.45, 2.75) is 33.4 Å². The molecule has 6 nitrogen and oxygen atoms in total. The Morgan fingerprint density at radius 3 is 2.61 bits per heavy atom. The van der Waals surface area contributed by atoms with Gasteiger partial charge in [0.2, 0.25) is 0 Å². The van der Waals surface area contributed by atoms with Crippen LogP contribution in [0.1, 0.15) is 23.9 Å². The van der Waals surface area contributed by atoms with Crippen LogP contribution in [0, 0.1) is 13.8 Å². The fourth-order valence-electron chi connectivity index (χ4n) is 2.36. The first-order chi connectivity index (χ1) is 11.0. The van der Waals surface area contributed by atoms with Gasteiger partial charge in [-0.25, -0.2) is 9.48 Å². The van der Waals surface area contributed by atoms with E-state index < -0.39 is 0 Å². The van der Waals surface area contributed by atoms with E-state index in [-0.39, 0.29) is 18.7 Å². The van der Waals surface area contributed by atoms with E-state index in [1.807, 2.05) is 48.9 Å². The molecule has 6 heteroatoms. The van der Waals surface area contributed by atoms with Gasteiger partial charge >= 0.3 is 6.03 Å². The molecule has 0 saturated heterocycles. The maximum atomic E-state index is 12.1. The molecule has 1 aromatic heterocycles. The Morgan fingerprint density at radius 1 is 1.35 bits per heavy atom. The molecule has 1 aromatic carbocycles. The van der Waals surface area contributed by atoms with Crippen molar-refractivity contribution >= 4 is 6.03 Å². The zero-order valence-corrected chi connectivity index (χ0v) is 14.1. The number of amides is 2. The van der Waals surface area contributed by atoms with Crippen molar-refractivity contribution in [1.29, 1.82) is 0 Å². The molecule has 0 bridgehead atoms. The minimum atomic E-state index is -0.218. The van der Waals surface area contributed by atoms with Crippen molar-refractivity contribution in [2.75, 3.05) is 13.7 Å². The standard InChI is InChI=1S/C17H24N4O2/c1-12(11-22)20(4)17(23)18-10-16-13(2)19-21(14(16)3)15-8-6-5-7-9-15/h5-9,12,22H,10-11H2,1-4H3,(H,18,23). The average molecular weight is 316 g/mol. The molecule has 1 unspecified atom stereocenters. The predicted molar refractivity (Wildman–Crippen MR) is 89.6 cm³/mol. The molecule has 0 fully saturated rings. The second-order valence-electron chi connectivity index (χ2n) is 5.70. The number of aromatic nitrogens is 2. The van der Waals surface area contributed by atoms with E-state index in [9.17, 15) is 4.79 Å². The van der Waals surface area contributed by atoms with E-state index in [0.29, 0.717) is 6.54 Å². The van der Waals surface area contributed by atoms with Gasteiger partial charge in [-0.1, -0.05) is 18.2 Å². The summed E-state index contributed by atoms with van der Waals surface area (Å²) >= 11 is 0. The van der Waals surface area contributed by atoms with E-state index in [1.165, 1.54) is 4.90 Å². The predicted octanol–water partition coefficient (Wildman–Crippen LogP) is 2.01. The highest BCUT2D eigenvalue weighted by Gasteiger charge is 2.17. The van der Waals surface area contributed by atoms with Crippen LogP contribution in [0.3, 0.4) is 0 Å². The number of aliphatic hydroxyl groups is 1. The Balaban J connectivity index is 2.13. The van der Waals surface area contributed by atoms with Gasteiger partial charge in [-0.15, -0.1) is 0 Å². The molecule has 0 aliphatic carbocycles. The minimum absolute atomic E-state index is 0.0616. The molecule has 23 heavy (non-hydrogen) atoms. The third-order valence-electron chi connectivity index (χ3n) is 4.10. The summed E-state index contributed by atoms with van der Waals surface area (Å²) in [7, 11) is 1.67. The number of benzene rings is 1. The highest BCUT2D eigenvalue weighted by molar-refractivity contribution is 5.74. The maximum Gasteiger partial charge on any atom is 0.317 e. The highest BCUT2D eigenvalue weighted by atomic mass is 16.3. The molecule has 2 aromatic rings. The Morgan fingerprint density at radius 2 is 2.00 bits per heavy atom. The zero-order valence-electron chi connectivity index (χ0n) is 14.1. The van der Waals surface area contributed by atoms with Gasteiger partial charge in [0.25, 0.3) is 0 Å². The molecule has 1 atom stereocenters. The molecule has 0 radical (unpaired) electrons. The van der Waals surface area contributed by atoms with Gasteiger partial charge in [-0.2, -0.15) is 5.10 Å². The average Bonchev–Trinajstić information content (AvgIpc) is 2.86. The Kier molecular flexibility index (Phi) is 5.39. The van der Waals surface area contributed by atoms with Crippen LogP contribution in [0.4, 0.5) is 4.79 Å². The summed E-state index contributed by atoms with van der Waals surface area (Å²) in [5.74, 6) is 0. The first-order valence-electron chi connectivity index (χ1n) is 7.67. The fraction of sp³-hybridized carbons (Fsp3) is 0.412. The molecular weight excluding hydrogens is 292 g/mol. The third kappa shape index (κ3) is 3.71. The number of hydrogen-bond acceptors (Lipinski definition) is 3. The van der Waals surface area contributed by atoms with Crippen LogP contribution in [-0.4, -0.2) is 45.5 Å². The lowest BCUT2D eigenvalue weighted by atomic mass is 10.2. The summed E-state index contributed by atoms with van der Waals surface area (Å²) in [6.45, 7) is 6.08. The largest absolute Gasteiger partial charge is 0.394 e. The summed E-state index contributed by atoms with van der Waals surface area (Å²) in [6.07, 6.45) is 0. The normalized spacial score (nSPS) is 12.0. The number of nitrogens with zero attached hydrogens (tertiary/aromatic N) is 3. The monoisotopic (exact) mass is 316 g/mol. The maximum absolute atomic E-state index is 12.1. The second kappa shape index (κ2) is 7.28. The lowest BCUT2D eigenvalue weighted by Crippen LogP contribution is -2.43. The van der Waals surface area contributed by atoms with Crippen molar-refractivity contribution in [3.63, 3.8) is 0 Å². The van der Waals surface area contributed by atoms with Gasteiger partial charge in [0.05, 0.1) is 24.0 Å². The van der Waals surface area contributed by atoms with Gasteiger partial charge in [0.15, 0.2) is 0 Å². The van der Waals surface area contributed by atoms with E-state index in [1.54, 1.807) is 14.0 Å². The number of likely N-dealkylation sites (N-methyl/N-ethyl adjacent to an activating group) is 1. The Labute approximate surface area is 136 Å². The van der Waals surface area contributed by atoms with Crippen LogP contribution >= 0.6 is 0 Å². The van der Waals surface area contributed by atoms with Gasteiger partial charge in [0.1, 0.15) is 0 Å². The third-order valence-corrected chi connectivity index (χ3v) is 4.10. The van der Waals surface area contributed by atoms with E-state index in [0.717, 1.165) is 22.6 Å². The molecule has 0 aliphatic rings. The molecule has 0 saturated carbocycles. The van der Waals surface area contributed by atoms with Crippen LogP contribution in [-0.2, 0) is 6.54 Å². The molecular formula is C17H24N4O2. The molecule has 2 N–H and O–H groups in total. The van der Waals surface area contributed by atoms with E-state index in [4.69, 9.17) is 5.11 Å². The number of urea groups is 1. The van der Waals surface area contributed by atoms with Gasteiger partial charge in [-0.3, -0.25) is 0 Å². The van der Waals surface area contributed by atoms with Crippen molar-refractivity contribution in [2.24, 2.45) is 0 Å². The number of rotatable bonds is 5. The van der Waals surface area contributed by atoms with Crippen LogP contribution in [0.5, 0.6) is 0 Å². The fourth-order valence-corrected chi connectivity index (χ4v) is 2.36. The van der Waals surface area contributed by atoms with Gasteiger partial charge in [-0.05, 0) is 32.9 Å². The number of aryl methyl sites for hydroxylation is 1. The molecule has 124 valence electrons. The van der Waals surface area contributed by atoms with E-state index >= 15 is 0 Å². The summed E-state index contributed by atoms with van der Waals surface area (Å²) < 4.78 is 1.89. The smallest absolute Gasteiger partial charge is 0.317 e. The first kappa shape index (κ1) is 17.0. The second-order valence-corrected chi connectivity index (χ2v) is 5.70. The van der Waals surface area contributed by atoms with Crippen molar-refractivity contribution in [1.82, 2.24) is 20.0 Å². The van der Waals surface area contributed by atoms with Crippen molar-refractivity contribution in [3.05, 3.63) is 47.3 Å². The SMILES string of the molecule is Cc1nn(-c2ccccc2)c(C)c1CNC(=O)N(C)C(C)CO. The number of carbonyl (C=O) groups excluding carboxylic acids is 1. The lowest BCUT2D eigenvalue weighted by molar-refractivity contribution is 0.157. The molecule has 0 aliphatic heterocycles. The Hall–Kier alpha value is -2.34. The topological polar surface area (TPSA) is 70.4 Å². The highest BCUT2D eigenvalue weighted by Crippen LogP contribution is 2.17. The summed E-state index contributed by atoms with van der Waals surface area (Å²) in [5.41, 5.74) is 3.90. The van der Waals surface area contributed by atoms with Crippen LogP contribution < -0.4 is 5.32 Å². The number of para-hydroxylation sites is 1. The van der Waals surface area contributed by atoms with Crippen LogP contribution in [0.15, 0.2) is 30.3 Å². The molecule has 1 heterocycles. The summed E-state index contributed by atoms with van der Waals surface area (Å²) in [4.78, 5) is 13.6. The number of carbonyl (C=O) groups is 1. The molecule has 0 spiro atoms. The molecule has 2 amide bonds. The van der Waals surface area contributed by atoms with Crippen LogP contribution in [0.2, 0.25) is 0 Å². The number of hydrogen-bond donors (Lipinski definition) is 2. The summed E-state index contributed by atoms with van der Waals surface area (Å²) in [6, 6.07) is 9.48. The Bertz CT molecular complexity index is 667. The van der Waals surface area contributed by atoms with Gasteiger partial charge < -0.3 is 15.3 Å². The molecule has 2 rings (SSSR count). The zero-order chi connectivity index (χ0) is 17.0.